The van der Waals surface area contributed by atoms with Crippen LogP contribution in [-0.4, -0.2) is 99.3 Å². The maximum absolute atomic E-state index is 12.3. The molecule has 1 amide bonds. The third kappa shape index (κ3) is 5.21. The van der Waals surface area contributed by atoms with Crippen molar-refractivity contribution in [2.75, 3.05) is 66.5 Å². The fraction of sp³-hybridized carbons (Fsp3) is 0.933. The topological polar surface area (TPSA) is 48.1 Å². The Morgan fingerprint density at radius 3 is 2.71 bits per heavy atom. The van der Waals surface area contributed by atoms with Crippen molar-refractivity contribution in [1.29, 1.82) is 0 Å². The van der Waals surface area contributed by atoms with Gasteiger partial charge in [0.15, 0.2) is 0 Å². The van der Waals surface area contributed by atoms with Gasteiger partial charge in [0.25, 0.3) is 0 Å². The molecule has 21 heavy (non-hydrogen) atoms. The van der Waals surface area contributed by atoms with Gasteiger partial charge in [-0.3, -0.25) is 9.69 Å². The highest BCUT2D eigenvalue weighted by Crippen LogP contribution is 2.12. The monoisotopic (exact) mass is 298 g/mol. The van der Waals surface area contributed by atoms with Crippen LogP contribution < -0.4 is 5.32 Å². The first-order valence-corrected chi connectivity index (χ1v) is 8.09. The fourth-order valence-electron chi connectivity index (χ4n) is 3.20. The van der Waals surface area contributed by atoms with E-state index in [4.69, 9.17) is 4.74 Å². The van der Waals surface area contributed by atoms with E-state index in [0.29, 0.717) is 13.2 Å². The lowest BCUT2D eigenvalue weighted by atomic mass is 10.2. The highest BCUT2D eigenvalue weighted by atomic mass is 16.5. The first kappa shape index (κ1) is 16.7. The highest BCUT2D eigenvalue weighted by Gasteiger charge is 2.32. The molecule has 0 aromatic heterocycles. The van der Waals surface area contributed by atoms with Crippen LogP contribution in [0, 0.1) is 0 Å². The van der Waals surface area contributed by atoms with E-state index in [9.17, 15) is 4.79 Å². The maximum Gasteiger partial charge on any atom is 0.234 e. The van der Waals surface area contributed by atoms with Crippen molar-refractivity contribution >= 4 is 5.91 Å². The molecule has 2 aliphatic rings. The molecule has 2 aliphatic heterocycles. The molecule has 0 aromatic rings. The number of ether oxygens (including phenoxy) is 1. The molecule has 6 heteroatoms. The minimum atomic E-state index is 0.122. The lowest BCUT2D eigenvalue weighted by molar-refractivity contribution is -0.123. The summed E-state index contributed by atoms with van der Waals surface area (Å²) in [6.07, 6.45) is 1.26. The molecule has 0 radical (unpaired) electrons. The number of carbonyl (C=O) groups excluding carboxylic acids is 1. The maximum atomic E-state index is 12.3. The van der Waals surface area contributed by atoms with Gasteiger partial charge in [-0.05, 0) is 40.5 Å². The number of nitrogens with zero attached hydrogens (tertiary/aromatic N) is 3. The molecular weight excluding hydrogens is 268 g/mol. The smallest absolute Gasteiger partial charge is 0.234 e. The van der Waals surface area contributed by atoms with Crippen molar-refractivity contribution in [2.24, 2.45) is 0 Å². The highest BCUT2D eigenvalue weighted by molar-refractivity contribution is 5.78. The fourth-order valence-corrected chi connectivity index (χ4v) is 3.20. The van der Waals surface area contributed by atoms with Gasteiger partial charge in [0.2, 0.25) is 5.91 Å². The number of likely N-dealkylation sites (N-methyl/N-ethyl adjacent to an activating group) is 2. The second kappa shape index (κ2) is 8.08. The summed E-state index contributed by atoms with van der Waals surface area (Å²) >= 11 is 0. The van der Waals surface area contributed by atoms with Crippen molar-refractivity contribution in [1.82, 2.24) is 20.0 Å². The van der Waals surface area contributed by atoms with Crippen LogP contribution >= 0.6 is 0 Å². The lowest BCUT2D eigenvalue weighted by Gasteiger charge is -2.23. The third-order valence-corrected chi connectivity index (χ3v) is 4.36. The van der Waals surface area contributed by atoms with Crippen molar-refractivity contribution in [3.05, 3.63) is 0 Å². The summed E-state index contributed by atoms with van der Waals surface area (Å²) in [4.78, 5) is 19.1. The van der Waals surface area contributed by atoms with Gasteiger partial charge in [-0.25, -0.2) is 0 Å². The Labute approximate surface area is 128 Å². The standard InChI is InChI=1S/C15H30N4O2/c1-4-21-14-11-18(3)10-13(14)16-15(20)12-19-7-5-6-17(2)8-9-19/h13-14H,4-12H2,1-3H3,(H,16,20)/t13-,14-/m0/s1. The SMILES string of the molecule is CCO[C@H]1CN(C)C[C@@H]1NC(=O)CN1CCCN(C)CC1. The Hall–Kier alpha value is -0.690. The van der Waals surface area contributed by atoms with Crippen molar-refractivity contribution < 1.29 is 9.53 Å². The molecule has 2 heterocycles. The Bertz CT molecular complexity index is 340. The van der Waals surface area contributed by atoms with Crippen LogP contribution in [0.3, 0.4) is 0 Å². The van der Waals surface area contributed by atoms with E-state index in [1.165, 1.54) is 0 Å². The molecule has 0 saturated carbocycles. The Kier molecular flexibility index (Phi) is 6.41. The van der Waals surface area contributed by atoms with E-state index < -0.39 is 0 Å². The minimum Gasteiger partial charge on any atom is -0.375 e. The second-order valence-corrected chi connectivity index (χ2v) is 6.32. The first-order chi connectivity index (χ1) is 10.1. The molecule has 2 fully saturated rings. The molecule has 0 unspecified atom stereocenters. The van der Waals surface area contributed by atoms with Crippen molar-refractivity contribution in [2.45, 2.75) is 25.5 Å². The van der Waals surface area contributed by atoms with Crippen LogP contribution in [-0.2, 0) is 9.53 Å². The van der Waals surface area contributed by atoms with E-state index in [0.717, 1.165) is 45.7 Å². The van der Waals surface area contributed by atoms with Crippen LogP contribution in [0.2, 0.25) is 0 Å². The van der Waals surface area contributed by atoms with Gasteiger partial charge in [-0.2, -0.15) is 0 Å². The van der Waals surface area contributed by atoms with Gasteiger partial charge in [0, 0.05) is 32.8 Å². The van der Waals surface area contributed by atoms with Crippen LogP contribution in [0.25, 0.3) is 0 Å². The number of hydrogen-bond donors (Lipinski definition) is 1. The third-order valence-electron chi connectivity index (χ3n) is 4.36. The van der Waals surface area contributed by atoms with Gasteiger partial charge in [0.05, 0.1) is 18.7 Å². The van der Waals surface area contributed by atoms with Crippen molar-refractivity contribution in [3.63, 3.8) is 0 Å². The zero-order valence-electron chi connectivity index (χ0n) is 13.7. The van der Waals surface area contributed by atoms with Gasteiger partial charge < -0.3 is 19.9 Å². The largest absolute Gasteiger partial charge is 0.375 e. The van der Waals surface area contributed by atoms with Gasteiger partial charge in [-0.15, -0.1) is 0 Å². The predicted octanol–water partition coefficient (Wildman–Crippen LogP) is -0.541. The summed E-state index contributed by atoms with van der Waals surface area (Å²) in [5.41, 5.74) is 0. The van der Waals surface area contributed by atoms with Crippen LogP contribution in [0.5, 0.6) is 0 Å². The molecular formula is C15H30N4O2. The molecule has 0 spiro atoms. The molecule has 0 aromatic carbocycles. The summed E-state index contributed by atoms with van der Waals surface area (Å²) in [7, 11) is 4.22. The summed E-state index contributed by atoms with van der Waals surface area (Å²) in [6.45, 7) is 9.13. The zero-order valence-corrected chi connectivity index (χ0v) is 13.7. The molecule has 122 valence electrons. The Morgan fingerprint density at radius 2 is 1.95 bits per heavy atom. The van der Waals surface area contributed by atoms with Gasteiger partial charge in [-0.1, -0.05) is 0 Å². The molecule has 2 atom stereocenters. The van der Waals surface area contributed by atoms with E-state index in [1.807, 2.05) is 6.92 Å². The normalized spacial score (nSPS) is 29.5. The zero-order chi connectivity index (χ0) is 15.2. The summed E-state index contributed by atoms with van der Waals surface area (Å²) in [5.74, 6) is 0.129. The summed E-state index contributed by atoms with van der Waals surface area (Å²) < 4.78 is 5.73. The Morgan fingerprint density at radius 1 is 1.14 bits per heavy atom. The van der Waals surface area contributed by atoms with Gasteiger partial charge in [0.1, 0.15) is 0 Å². The molecule has 2 saturated heterocycles. The van der Waals surface area contributed by atoms with Crippen molar-refractivity contribution in [3.8, 4) is 0 Å². The molecule has 2 rings (SSSR count). The number of likely N-dealkylation sites (tertiary alicyclic amines) is 1. The predicted molar refractivity (Wildman–Crippen MR) is 83.4 cm³/mol. The summed E-state index contributed by atoms with van der Waals surface area (Å²) in [6, 6.07) is 0.122. The molecule has 0 bridgehead atoms. The van der Waals surface area contributed by atoms with Crippen LogP contribution in [0.4, 0.5) is 0 Å². The first-order valence-electron chi connectivity index (χ1n) is 8.09. The number of nitrogens with one attached hydrogen (secondary N) is 1. The second-order valence-electron chi connectivity index (χ2n) is 6.32. The van der Waals surface area contributed by atoms with E-state index >= 15 is 0 Å². The molecule has 6 nitrogen and oxygen atoms in total. The van der Waals surface area contributed by atoms with E-state index in [-0.39, 0.29) is 18.1 Å². The van der Waals surface area contributed by atoms with Crippen LogP contribution in [0.15, 0.2) is 0 Å². The number of amides is 1. The minimum absolute atomic E-state index is 0.122. The average molecular weight is 298 g/mol. The number of hydrogen-bond acceptors (Lipinski definition) is 5. The number of rotatable bonds is 5. The van der Waals surface area contributed by atoms with Gasteiger partial charge >= 0.3 is 0 Å². The van der Waals surface area contributed by atoms with Crippen LogP contribution in [0.1, 0.15) is 13.3 Å². The van der Waals surface area contributed by atoms with E-state index in [1.54, 1.807) is 0 Å². The van der Waals surface area contributed by atoms with E-state index in [2.05, 4.69) is 34.1 Å². The average Bonchev–Trinajstić information content (AvgIpc) is 2.63. The molecule has 1 N–H and O–H groups in total. The molecule has 0 aliphatic carbocycles. The summed E-state index contributed by atoms with van der Waals surface area (Å²) in [5, 5.41) is 3.16. The quantitative estimate of drug-likeness (QED) is 0.739. The Balaban J connectivity index is 1.78. The lowest BCUT2D eigenvalue weighted by Crippen LogP contribution is -2.48. The number of carbonyl (C=O) groups is 1.